The number of nitrogens with one attached hydrogen (secondary N) is 1. The van der Waals surface area contributed by atoms with Crippen LogP contribution in [0, 0.1) is 6.92 Å². The summed E-state index contributed by atoms with van der Waals surface area (Å²) in [6.07, 6.45) is 1.63. The third-order valence-electron chi connectivity index (χ3n) is 5.47. The summed E-state index contributed by atoms with van der Waals surface area (Å²) in [5, 5.41) is 10.3. The molecule has 8 heteroatoms. The fourth-order valence-electron chi connectivity index (χ4n) is 3.86. The third kappa shape index (κ3) is 3.71. The largest absolute Gasteiger partial charge is 0.504 e. The number of phenols is 1. The minimum absolute atomic E-state index is 0.00253. The Morgan fingerprint density at radius 3 is 2.59 bits per heavy atom. The maximum absolute atomic E-state index is 13.6. The summed E-state index contributed by atoms with van der Waals surface area (Å²) in [7, 11) is 1.46. The van der Waals surface area contributed by atoms with E-state index in [1.165, 1.54) is 18.1 Å². The van der Waals surface area contributed by atoms with Crippen molar-refractivity contribution < 1.29 is 14.6 Å². The number of aliphatic imine (C=N–C) groups is 1. The van der Waals surface area contributed by atoms with Gasteiger partial charge in [-0.3, -0.25) is 14.5 Å². The van der Waals surface area contributed by atoms with Crippen LogP contribution in [-0.2, 0) is 4.79 Å². The number of hydrogen-bond acceptors (Lipinski definition) is 6. The highest BCUT2D eigenvalue weighted by molar-refractivity contribution is 6.33. The number of phenolic OH excluding ortho intramolecular Hbond substituents is 1. The number of carbonyl (C=O) groups excluding carboxylic acids is 1. The van der Waals surface area contributed by atoms with Gasteiger partial charge in [0.15, 0.2) is 11.5 Å². The molecule has 8 nitrogen and oxygen atoms in total. The zero-order chi connectivity index (χ0) is 23.8. The van der Waals surface area contributed by atoms with Crippen molar-refractivity contribution in [1.29, 1.82) is 0 Å². The summed E-state index contributed by atoms with van der Waals surface area (Å²) in [6, 6.07) is 19.2. The van der Waals surface area contributed by atoms with Crippen molar-refractivity contribution >= 4 is 34.4 Å². The van der Waals surface area contributed by atoms with Crippen LogP contribution in [0.5, 0.6) is 11.5 Å². The van der Waals surface area contributed by atoms with Crippen LogP contribution in [-0.4, -0.2) is 33.9 Å². The van der Waals surface area contributed by atoms with Crippen LogP contribution in [0.2, 0.25) is 0 Å². The molecule has 3 aromatic carbocycles. The number of carbonyl (C=O) groups is 1. The summed E-state index contributed by atoms with van der Waals surface area (Å²) < 4.78 is 5.17. The molecule has 1 aliphatic rings. The first-order valence-electron chi connectivity index (χ1n) is 10.5. The van der Waals surface area contributed by atoms with Crippen molar-refractivity contribution in [3.8, 4) is 11.5 Å². The average Bonchev–Trinajstić information content (AvgIpc) is 3.16. The molecule has 5 rings (SSSR count). The van der Waals surface area contributed by atoms with E-state index in [-0.39, 0.29) is 22.9 Å². The Kier molecular flexibility index (Phi) is 5.18. The highest BCUT2D eigenvalue weighted by Gasteiger charge is 2.32. The minimum Gasteiger partial charge on any atom is -0.504 e. The molecule has 168 valence electrons. The van der Waals surface area contributed by atoms with Crippen LogP contribution in [0.3, 0.4) is 0 Å². The van der Waals surface area contributed by atoms with E-state index in [2.05, 4.69) is 15.0 Å². The molecule has 1 amide bonds. The average molecular weight is 452 g/mol. The van der Waals surface area contributed by atoms with Crippen LogP contribution >= 0.6 is 0 Å². The summed E-state index contributed by atoms with van der Waals surface area (Å²) in [5.41, 5.74) is 2.37. The quantitative estimate of drug-likeness (QED) is 0.458. The maximum atomic E-state index is 13.6. The van der Waals surface area contributed by atoms with E-state index in [9.17, 15) is 14.7 Å². The van der Waals surface area contributed by atoms with Crippen LogP contribution < -0.4 is 15.2 Å². The number of nitrogens with zero attached hydrogens (tertiary/aromatic N) is 3. The molecular formula is C26H20N4O4. The number of aryl methyl sites for hydroxylation is 1. The second-order valence-electron chi connectivity index (χ2n) is 7.76. The van der Waals surface area contributed by atoms with Gasteiger partial charge in [-0.15, -0.1) is 0 Å². The molecule has 0 saturated heterocycles. The maximum Gasteiger partial charge on any atom is 0.282 e. The molecule has 0 aliphatic carbocycles. The number of ether oxygens (including phenoxy) is 1. The van der Waals surface area contributed by atoms with Crippen LogP contribution in [0.25, 0.3) is 17.0 Å². The molecule has 2 heterocycles. The van der Waals surface area contributed by atoms with E-state index in [4.69, 9.17) is 4.74 Å². The Balaban J connectivity index is 1.65. The molecule has 0 saturated carbocycles. The van der Waals surface area contributed by atoms with Gasteiger partial charge in [-0.05, 0) is 48.9 Å². The number of rotatable bonds is 4. The van der Waals surface area contributed by atoms with Gasteiger partial charge in [0.2, 0.25) is 0 Å². The van der Waals surface area contributed by atoms with Gasteiger partial charge in [0.1, 0.15) is 17.4 Å². The summed E-state index contributed by atoms with van der Waals surface area (Å²) >= 11 is 0. The van der Waals surface area contributed by atoms with Crippen molar-refractivity contribution in [1.82, 2.24) is 9.97 Å². The second kappa shape index (κ2) is 8.32. The van der Waals surface area contributed by atoms with E-state index >= 15 is 0 Å². The van der Waals surface area contributed by atoms with Gasteiger partial charge in [-0.25, -0.2) is 9.98 Å². The molecule has 0 unspecified atom stereocenters. The van der Waals surface area contributed by atoms with E-state index < -0.39 is 0 Å². The number of hydrogen-bond donors (Lipinski definition) is 2. The van der Waals surface area contributed by atoms with Crippen molar-refractivity contribution in [3.63, 3.8) is 0 Å². The number of anilines is 1. The molecule has 4 aromatic rings. The van der Waals surface area contributed by atoms with E-state index in [1.807, 2.05) is 30.3 Å². The molecule has 0 spiro atoms. The molecule has 2 N–H and O–H groups in total. The van der Waals surface area contributed by atoms with Gasteiger partial charge < -0.3 is 14.8 Å². The molecular weight excluding hydrogens is 432 g/mol. The summed E-state index contributed by atoms with van der Waals surface area (Å²) in [4.78, 5) is 39.3. The monoisotopic (exact) mass is 452 g/mol. The summed E-state index contributed by atoms with van der Waals surface area (Å²) in [6.45, 7) is 1.72. The number of aromatic amines is 1. The van der Waals surface area contributed by atoms with Crippen molar-refractivity contribution in [2.45, 2.75) is 6.92 Å². The van der Waals surface area contributed by atoms with Crippen molar-refractivity contribution in [2.75, 3.05) is 12.0 Å². The Hall–Kier alpha value is -4.72. The number of aromatic hydroxyl groups is 1. The second-order valence-corrected chi connectivity index (χ2v) is 7.76. The zero-order valence-electron chi connectivity index (χ0n) is 18.4. The topological polar surface area (TPSA) is 108 Å². The first-order valence-corrected chi connectivity index (χ1v) is 10.5. The smallest absolute Gasteiger partial charge is 0.282 e. The number of benzene rings is 3. The molecule has 34 heavy (non-hydrogen) atoms. The van der Waals surface area contributed by atoms with Gasteiger partial charge >= 0.3 is 0 Å². The van der Waals surface area contributed by atoms with Crippen LogP contribution in [0.1, 0.15) is 17.0 Å². The Morgan fingerprint density at radius 2 is 1.82 bits per heavy atom. The van der Waals surface area contributed by atoms with Crippen molar-refractivity contribution in [2.24, 2.45) is 4.99 Å². The predicted octanol–water partition coefficient (Wildman–Crippen LogP) is 3.78. The molecule has 0 fully saturated rings. The van der Waals surface area contributed by atoms with Crippen molar-refractivity contribution in [3.05, 3.63) is 99.7 Å². The molecule has 1 aromatic heterocycles. The van der Waals surface area contributed by atoms with E-state index in [1.54, 1.807) is 43.3 Å². The minimum atomic E-state index is -0.346. The number of fused-ring (bicyclic) bond motifs is 1. The highest BCUT2D eigenvalue weighted by atomic mass is 16.5. The molecule has 0 radical (unpaired) electrons. The van der Waals surface area contributed by atoms with Gasteiger partial charge in [0, 0.05) is 5.56 Å². The number of aromatic nitrogens is 2. The normalized spacial score (nSPS) is 14.6. The molecule has 0 atom stereocenters. The third-order valence-corrected chi connectivity index (χ3v) is 5.47. The highest BCUT2D eigenvalue weighted by Crippen LogP contribution is 2.31. The SMILES string of the molecule is COc1cc(/C=C2/N=C(c3ccccc3)N(c3ccc4nc(C)[nH]c(=O)c4c3)C2=O)ccc1O. The predicted molar refractivity (Wildman–Crippen MR) is 130 cm³/mol. The number of amidine groups is 1. The van der Waals surface area contributed by atoms with E-state index in [0.29, 0.717) is 39.6 Å². The van der Waals surface area contributed by atoms with E-state index in [0.717, 1.165) is 5.56 Å². The first-order chi connectivity index (χ1) is 16.4. The van der Waals surface area contributed by atoms with Crippen LogP contribution in [0.4, 0.5) is 5.69 Å². The number of H-pyrrole nitrogens is 1. The molecule has 0 bridgehead atoms. The Morgan fingerprint density at radius 1 is 1.03 bits per heavy atom. The first kappa shape index (κ1) is 21.1. The van der Waals surface area contributed by atoms with Crippen LogP contribution in [0.15, 0.2) is 82.2 Å². The lowest BCUT2D eigenvalue weighted by molar-refractivity contribution is -0.113. The number of amides is 1. The fourth-order valence-corrected chi connectivity index (χ4v) is 3.86. The zero-order valence-corrected chi connectivity index (χ0v) is 18.4. The van der Waals surface area contributed by atoms with Gasteiger partial charge in [0.05, 0.1) is 23.7 Å². The Bertz CT molecular complexity index is 1550. The molecule has 1 aliphatic heterocycles. The lowest BCUT2D eigenvalue weighted by Crippen LogP contribution is -2.32. The van der Waals surface area contributed by atoms with Gasteiger partial charge in [-0.1, -0.05) is 36.4 Å². The lowest BCUT2D eigenvalue weighted by Gasteiger charge is -2.19. The fraction of sp³-hybridized carbons (Fsp3) is 0.0769. The van der Waals surface area contributed by atoms with Gasteiger partial charge in [0.25, 0.3) is 11.5 Å². The lowest BCUT2D eigenvalue weighted by atomic mass is 10.1. The Labute approximate surface area is 194 Å². The summed E-state index contributed by atoms with van der Waals surface area (Å²) in [5.74, 6) is 0.909. The van der Waals surface area contributed by atoms with Gasteiger partial charge in [-0.2, -0.15) is 0 Å². The number of methoxy groups -OCH3 is 1. The standard InChI is InChI=1S/C26H20N4O4/c1-15-27-20-10-9-18(14-19(20)25(32)28-15)30-24(17-6-4-3-5-7-17)29-21(26(30)33)12-16-8-11-22(31)23(13-16)34-2/h3-14,31H,1-2H3,(H,27,28,32)/b21-12+.